The number of benzene rings is 1. The minimum atomic E-state index is -0.104. The number of hydrogen-bond donors (Lipinski definition) is 2. The van der Waals surface area contributed by atoms with Crippen LogP contribution in [0.5, 0.6) is 17.2 Å². The standard InChI is InChI=1S/C17H24N2O4.ClH/c1-21-12-7-11(8-13(22-2)16(12)23-3)19-17(20)14-9-4-5-10(6-9)15(14)18;/h7-10,14-15H,4-6,18H2,1-3H3,(H,19,20);1H. The minimum absolute atomic E-state index is 0. The molecule has 0 aliphatic heterocycles. The number of hydrogen-bond acceptors (Lipinski definition) is 5. The van der Waals surface area contributed by atoms with Crippen molar-refractivity contribution in [3.05, 3.63) is 12.1 Å². The molecule has 0 saturated heterocycles. The Morgan fingerprint density at radius 3 is 2.12 bits per heavy atom. The van der Waals surface area contributed by atoms with Gasteiger partial charge in [-0.05, 0) is 31.1 Å². The van der Waals surface area contributed by atoms with Crippen molar-refractivity contribution in [2.24, 2.45) is 23.5 Å². The maximum absolute atomic E-state index is 12.7. The summed E-state index contributed by atoms with van der Waals surface area (Å²) < 4.78 is 15.9. The van der Waals surface area contributed by atoms with Crippen molar-refractivity contribution >= 4 is 24.0 Å². The number of halogens is 1. The van der Waals surface area contributed by atoms with E-state index in [9.17, 15) is 4.79 Å². The number of methoxy groups -OCH3 is 3. The van der Waals surface area contributed by atoms with Crippen LogP contribution in [0.4, 0.5) is 5.69 Å². The molecule has 0 aromatic heterocycles. The number of rotatable bonds is 5. The van der Waals surface area contributed by atoms with Gasteiger partial charge < -0.3 is 25.3 Å². The van der Waals surface area contributed by atoms with Crippen LogP contribution in [-0.2, 0) is 4.79 Å². The lowest BCUT2D eigenvalue weighted by molar-refractivity contribution is -0.121. The Hall–Kier alpha value is -1.66. The molecule has 0 radical (unpaired) electrons. The van der Waals surface area contributed by atoms with Crippen molar-refractivity contribution in [3.63, 3.8) is 0 Å². The summed E-state index contributed by atoms with van der Waals surface area (Å²) in [7, 11) is 4.65. The molecule has 2 saturated carbocycles. The highest BCUT2D eigenvalue weighted by Crippen LogP contribution is 2.48. The first-order chi connectivity index (χ1) is 11.1. The molecule has 1 aromatic carbocycles. The fourth-order valence-corrected chi connectivity index (χ4v) is 4.10. The zero-order valence-electron chi connectivity index (χ0n) is 14.2. The molecule has 134 valence electrons. The summed E-state index contributed by atoms with van der Waals surface area (Å²) in [6, 6.07) is 3.44. The third kappa shape index (κ3) is 3.13. The summed E-state index contributed by atoms with van der Waals surface area (Å²) >= 11 is 0. The molecule has 7 heteroatoms. The van der Waals surface area contributed by atoms with E-state index in [0.29, 0.717) is 34.8 Å². The third-order valence-corrected chi connectivity index (χ3v) is 5.22. The molecule has 2 aliphatic carbocycles. The topological polar surface area (TPSA) is 82.8 Å². The zero-order chi connectivity index (χ0) is 16.6. The maximum atomic E-state index is 12.7. The zero-order valence-corrected chi connectivity index (χ0v) is 15.0. The molecule has 0 heterocycles. The second kappa shape index (κ2) is 7.49. The predicted molar refractivity (Wildman–Crippen MR) is 94.3 cm³/mol. The lowest BCUT2D eigenvalue weighted by Gasteiger charge is -2.27. The second-order valence-electron chi connectivity index (χ2n) is 6.34. The van der Waals surface area contributed by atoms with Gasteiger partial charge in [-0.1, -0.05) is 0 Å². The van der Waals surface area contributed by atoms with Crippen LogP contribution >= 0.6 is 12.4 Å². The first kappa shape index (κ1) is 18.7. The third-order valence-electron chi connectivity index (χ3n) is 5.22. The van der Waals surface area contributed by atoms with E-state index >= 15 is 0 Å². The second-order valence-corrected chi connectivity index (χ2v) is 6.34. The minimum Gasteiger partial charge on any atom is -0.493 e. The SMILES string of the molecule is COc1cc(NC(=O)C2C3CCC(C3)C2N)cc(OC)c1OC.Cl. The summed E-state index contributed by atoms with van der Waals surface area (Å²) in [6.45, 7) is 0. The van der Waals surface area contributed by atoms with Gasteiger partial charge in [0.2, 0.25) is 11.7 Å². The largest absolute Gasteiger partial charge is 0.493 e. The number of anilines is 1. The predicted octanol–water partition coefficient (Wildman–Crippen LogP) is 2.45. The molecule has 3 N–H and O–H groups in total. The first-order valence-electron chi connectivity index (χ1n) is 7.95. The average Bonchev–Trinajstić information content (AvgIpc) is 3.14. The summed E-state index contributed by atoms with van der Waals surface area (Å²) in [5, 5.41) is 2.97. The first-order valence-corrected chi connectivity index (χ1v) is 7.95. The van der Waals surface area contributed by atoms with Crippen molar-refractivity contribution in [2.75, 3.05) is 26.6 Å². The fraction of sp³-hybridized carbons (Fsp3) is 0.588. The summed E-state index contributed by atoms with van der Waals surface area (Å²) in [4.78, 5) is 12.7. The number of carbonyl (C=O) groups excluding carboxylic acids is 1. The van der Waals surface area contributed by atoms with Gasteiger partial charge >= 0.3 is 0 Å². The molecule has 2 bridgehead atoms. The van der Waals surface area contributed by atoms with Gasteiger partial charge in [0.25, 0.3) is 0 Å². The van der Waals surface area contributed by atoms with Crippen LogP contribution in [0.2, 0.25) is 0 Å². The summed E-state index contributed by atoms with van der Waals surface area (Å²) in [5.41, 5.74) is 6.87. The Morgan fingerprint density at radius 2 is 1.67 bits per heavy atom. The van der Waals surface area contributed by atoms with Gasteiger partial charge in [-0.3, -0.25) is 4.79 Å². The van der Waals surface area contributed by atoms with Gasteiger partial charge in [0.15, 0.2) is 11.5 Å². The molecule has 4 unspecified atom stereocenters. The van der Waals surface area contributed by atoms with Crippen LogP contribution in [0.3, 0.4) is 0 Å². The van der Waals surface area contributed by atoms with Gasteiger partial charge in [0.1, 0.15) is 0 Å². The smallest absolute Gasteiger partial charge is 0.229 e. The highest BCUT2D eigenvalue weighted by molar-refractivity contribution is 5.94. The molecule has 6 nitrogen and oxygen atoms in total. The Balaban J connectivity index is 0.00000208. The van der Waals surface area contributed by atoms with Crippen molar-refractivity contribution in [3.8, 4) is 17.2 Å². The number of ether oxygens (including phenoxy) is 3. The van der Waals surface area contributed by atoms with Gasteiger partial charge in [-0.2, -0.15) is 0 Å². The summed E-state index contributed by atoms with van der Waals surface area (Å²) in [5.74, 6) is 2.32. The van der Waals surface area contributed by atoms with E-state index in [4.69, 9.17) is 19.9 Å². The van der Waals surface area contributed by atoms with Gasteiger partial charge in [-0.15, -0.1) is 12.4 Å². The molecule has 2 fully saturated rings. The fourth-order valence-electron chi connectivity index (χ4n) is 4.10. The number of amides is 1. The quantitative estimate of drug-likeness (QED) is 0.846. The number of nitrogens with two attached hydrogens (primary N) is 1. The monoisotopic (exact) mass is 356 g/mol. The average molecular weight is 357 g/mol. The molecular formula is C17H25ClN2O4. The molecular weight excluding hydrogens is 332 g/mol. The maximum Gasteiger partial charge on any atom is 0.229 e. The van der Waals surface area contributed by atoms with Crippen LogP contribution in [-0.4, -0.2) is 33.3 Å². The number of fused-ring (bicyclic) bond motifs is 2. The molecule has 3 rings (SSSR count). The van der Waals surface area contributed by atoms with Crippen LogP contribution < -0.4 is 25.3 Å². The van der Waals surface area contributed by atoms with E-state index in [-0.39, 0.29) is 30.3 Å². The van der Waals surface area contributed by atoms with Crippen molar-refractivity contribution < 1.29 is 19.0 Å². The van der Waals surface area contributed by atoms with Crippen LogP contribution in [0.25, 0.3) is 0 Å². The van der Waals surface area contributed by atoms with E-state index in [0.717, 1.165) is 19.3 Å². The number of nitrogens with one attached hydrogen (secondary N) is 1. The van der Waals surface area contributed by atoms with Gasteiger partial charge in [-0.25, -0.2) is 0 Å². The molecule has 24 heavy (non-hydrogen) atoms. The molecule has 2 aliphatic rings. The molecule has 4 atom stereocenters. The van der Waals surface area contributed by atoms with E-state index < -0.39 is 0 Å². The van der Waals surface area contributed by atoms with Gasteiger partial charge in [0.05, 0.1) is 27.2 Å². The van der Waals surface area contributed by atoms with E-state index in [2.05, 4.69) is 5.32 Å². The Morgan fingerprint density at radius 1 is 1.08 bits per heavy atom. The van der Waals surface area contributed by atoms with Gasteiger partial charge in [0, 0.05) is 23.9 Å². The lowest BCUT2D eigenvalue weighted by Crippen LogP contribution is -2.42. The van der Waals surface area contributed by atoms with Crippen LogP contribution in [0, 0.1) is 17.8 Å². The van der Waals surface area contributed by atoms with Crippen LogP contribution in [0.15, 0.2) is 12.1 Å². The van der Waals surface area contributed by atoms with E-state index in [1.54, 1.807) is 33.5 Å². The Kier molecular flexibility index (Phi) is 5.83. The molecule has 1 aromatic rings. The normalized spacial score (nSPS) is 27.3. The van der Waals surface area contributed by atoms with Crippen molar-refractivity contribution in [1.29, 1.82) is 0 Å². The highest BCUT2D eigenvalue weighted by atomic mass is 35.5. The molecule has 1 amide bonds. The van der Waals surface area contributed by atoms with Crippen LogP contribution in [0.1, 0.15) is 19.3 Å². The van der Waals surface area contributed by atoms with Crippen molar-refractivity contribution in [2.45, 2.75) is 25.3 Å². The van der Waals surface area contributed by atoms with Crippen molar-refractivity contribution in [1.82, 2.24) is 0 Å². The Labute approximate surface area is 148 Å². The van der Waals surface area contributed by atoms with E-state index in [1.165, 1.54) is 0 Å². The lowest BCUT2D eigenvalue weighted by atomic mass is 9.84. The van der Waals surface area contributed by atoms with E-state index in [1.807, 2.05) is 0 Å². The number of carbonyl (C=O) groups is 1. The summed E-state index contributed by atoms with van der Waals surface area (Å²) in [6.07, 6.45) is 3.33. The highest BCUT2D eigenvalue weighted by Gasteiger charge is 2.49. The Bertz CT molecular complexity index is 583. The molecule has 0 spiro atoms.